The summed E-state index contributed by atoms with van der Waals surface area (Å²) in [4.78, 5) is 4.38. The highest BCUT2D eigenvalue weighted by Gasteiger charge is 2.15. The zero-order valence-corrected chi connectivity index (χ0v) is 10.2. The zero-order chi connectivity index (χ0) is 11.7. The molecule has 0 saturated carbocycles. The third-order valence-electron chi connectivity index (χ3n) is 3.76. The van der Waals surface area contributed by atoms with Crippen molar-refractivity contribution in [3.63, 3.8) is 0 Å². The van der Waals surface area contributed by atoms with E-state index in [0.29, 0.717) is 5.92 Å². The van der Waals surface area contributed by atoms with E-state index in [1.165, 1.54) is 35.7 Å². The summed E-state index contributed by atoms with van der Waals surface area (Å²) in [6.07, 6.45) is 4.48. The molecule has 1 atom stereocenters. The van der Waals surface area contributed by atoms with Gasteiger partial charge in [0.2, 0.25) is 0 Å². The van der Waals surface area contributed by atoms with Crippen LogP contribution in [0.15, 0.2) is 30.5 Å². The van der Waals surface area contributed by atoms with E-state index < -0.39 is 0 Å². The van der Waals surface area contributed by atoms with E-state index in [1.54, 1.807) is 0 Å². The molecule has 88 valence electrons. The van der Waals surface area contributed by atoms with Gasteiger partial charge in [0.25, 0.3) is 0 Å². The Labute approximate surface area is 102 Å². The summed E-state index contributed by atoms with van der Waals surface area (Å²) >= 11 is 0. The van der Waals surface area contributed by atoms with Gasteiger partial charge in [-0.2, -0.15) is 0 Å². The summed E-state index contributed by atoms with van der Waals surface area (Å²) < 4.78 is 0. The van der Waals surface area contributed by atoms with Gasteiger partial charge in [-0.05, 0) is 55.3 Å². The number of rotatable bonds is 1. The average molecular weight is 226 g/mol. The minimum Gasteiger partial charge on any atom is -0.316 e. The molecule has 3 rings (SSSR count). The highest BCUT2D eigenvalue weighted by atomic mass is 14.9. The molecular weight excluding hydrogens is 208 g/mol. The predicted octanol–water partition coefficient (Wildman–Crippen LogP) is 3.01. The Morgan fingerprint density at radius 2 is 2.24 bits per heavy atom. The molecular formula is C15H18N2. The molecule has 0 radical (unpaired) electrons. The number of nitrogens with one attached hydrogen (secondary N) is 1. The zero-order valence-electron chi connectivity index (χ0n) is 10.2. The first-order valence-electron chi connectivity index (χ1n) is 6.40. The molecule has 1 aliphatic rings. The summed E-state index contributed by atoms with van der Waals surface area (Å²) in [6.45, 7) is 4.38. The molecule has 0 bridgehead atoms. The molecule has 1 unspecified atom stereocenters. The second kappa shape index (κ2) is 4.46. The molecule has 1 N–H and O–H groups in total. The predicted molar refractivity (Wildman–Crippen MR) is 71.3 cm³/mol. The SMILES string of the molecule is Cc1nccc2ccc(C3CCCNC3)cc12. The monoisotopic (exact) mass is 226 g/mol. The van der Waals surface area contributed by atoms with Crippen molar-refractivity contribution in [3.8, 4) is 0 Å². The van der Waals surface area contributed by atoms with E-state index in [9.17, 15) is 0 Å². The molecule has 1 aromatic heterocycles. The lowest BCUT2D eigenvalue weighted by Crippen LogP contribution is -2.28. The smallest absolute Gasteiger partial charge is 0.0451 e. The maximum atomic E-state index is 4.38. The molecule has 1 saturated heterocycles. The summed E-state index contributed by atoms with van der Waals surface area (Å²) in [5.74, 6) is 0.674. The number of piperidine rings is 1. The Bertz CT molecular complexity index is 527. The van der Waals surface area contributed by atoms with Gasteiger partial charge in [0.15, 0.2) is 0 Å². The van der Waals surface area contributed by atoms with Crippen molar-refractivity contribution < 1.29 is 0 Å². The highest BCUT2D eigenvalue weighted by molar-refractivity contribution is 5.84. The van der Waals surface area contributed by atoms with Crippen LogP contribution in [-0.4, -0.2) is 18.1 Å². The van der Waals surface area contributed by atoms with Crippen molar-refractivity contribution in [1.82, 2.24) is 10.3 Å². The Kier molecular flexibility index (Phi) is 2.81. The lowest BCUT2D eigenvalue weighted by atomic mass is 9.90. The maximum absolute atomic E-state index is 4.38. The maximum Gasteiger partial charge on any atom is 0.0451 e. The van der Waals surface area contributed by atoms with Crippen LogP contribution < -0.4 is 5.32 Å². The number of hydrogen-bond acceptors (Lipinski definition) is 2. The quantitative estimate of drug-likeness (QED) is 0.808. The highest BCUT2D eigenvalue weighted by Crippen LogP contribution is 2.27. The number of aryl methyl sites for hydroxylation is 1. The molecule has 2 nitrogen and oxygen atoms in total. The number of hydrogen-bond donors (Lipinski definition) is 1. The van der Waals surface area contributed by atoms with Crippen molar-refractivity contribution in [1.29, 1.82) is 0 Å². The second-order valence-electron chi connectivity index (χ2n) is 4.92. The first-order chi connectivity index (χ1) is 8.34. The minimum atomic E-state index is 0.674. The molecule has 0 spiro atoms. The van der Waals surface area contributed by atoms with Crippen molar-refractivity contribution in [2.24, 2.45) is 0 Å². The average Bonchev–Trinajstić information content (AvgIpc) is 2.40. The molecule has 17 heavy (non-hydrogen) atoms. The molecule has 0 aliphatic carbocycles. The Balaban J connectivity index is 2.03. The van der Waals surface area contributed by atoms with Crippen molar-refractivity contribution in [3.05, 3.63) is 41.7 Å². The molecule has 1 fully saturated rings. The number of benzene rings is 1. The van der Waals surface area contributed by atoms with Crippen molar-refractivity contribution >= 4 is 10.8 Å². The molecule has 0 amide bonds. The van der Waals surface area contributed by atoms with E-state index in [1.807, 2.05) is 6.20 Å². The largest absolute Gasteiger partial charge is 0.316 e. The number of fused-ring (bicyclic) bond motifs is 1. The molecule has 1 aliphatic heterocycles. The summed E-state index contributed by atoms with van der Waals surface area (Å²) in [7, 11) is 0. The third-order valence-corrected chi connectivity index (χ3v) is 3.76. The van der Waals surface area contributed by atoms with E-state index in [2.05, 4.69) is 41.5 Å². The van der Waals surface area contributed by atoms with Gasteiger partial charge < -0.3 is 5.32 Å². The van der Waals surface area contributed by atoms with E-state index in [0.717, 1.165) is 12.2 Å². The van der Waals surface area contributed by atoms with Crippen molar-refractivity contribution in [2.45, 2.75) is 25.7 Å². The Hall–Kier alpha value is -1.41. The van der Waals surface area contributed by atoms with Gasteiger partial charge in [0.05, 0.1) is 0 Å². The first-order valence-corrected chi connectivity index (χ1v) is 6.40. The van der Waals surface area contributed by atoms with E-state index in [4.69, 9.17) is 0 Å². The van der Waals surface area contributed by atoms with Gasteiger partial charge in [-0.15, -0.1) is 0 Å². The Morgan fingerprint density at radius 3 is 3.06 bits per heavy atom. The van der Waals surface area contributed by atoms with Gasteiger partial charge >= 0.3 is 0 Å². The van der Waals surface area contributed by atoms with E-state index >= 15 is 0 Å². The van der Waals surface area contributed by atoms with Crippen LogP contribution in [0, 0.1) is 6.92 Å². The van der Waals surface area contributed by atoms with Gasteiger partial charge in [0, 0.05) is 23.8 Å². The van der Waals surface area contributed by atoms with Crippen LogP contribution in [0.1, 0.15) is 30.0 Å². The molecule has 2 heterocycles. The fraction of sp³-hybridized carbons (Fsp3) is 0.400. The number of nitrogens with zero attached hydrogens (tertiary/aromatic N) is 1. The fourth-order valence-corrected chi connectivity index (χ4v) is 2.72. The molecule has 1 aromatic carbocycles. The molecule has 2 heteroatoms. The summed E-state index contributed by atoms with van der Waals surface area (Å²) in [6, 6.07) is 8.92. The van der Waals surface area contributed by atoms with Crippen LogP contribution in [0.2, 0.25) is 0 Å². The summed E-state index contributed by atoms with van der Waals surface area (Å²) in [5, 5.41) is 6.08. The number of pyridine rings is 1. The van der Waals surface area contributed by atoms with Crippen LogP contribution in [0.25, 0.3) is 10.8 Å². The van der Waals surface area contributed by atoms with Gasteiger partial charge in [-0.3, -0.25) is 4.98 Å². The van der Waals surface area contributed by atoms with Crippen LogP contribution >= 0.6 is 0 Å². The van der Waals surface area contributed by atoms with Gasteiger partial charge in [0.1, 0.15) is 0 Å². The fourth-order valence-electron chi connectivity index (χ4n) is 2.72. The van der Waals surface area contributed by atoms with Crippen LogP contribution in [-0.2, 0) is 0 Å². The van der Waals surface area contributed by atoms with Crippen LogP contribution in [0.5, 0.6) is 0 Å². The topological polar surface area (TPSA) is 24.9 Å². The van der Waals surface area contributed by atoms with Gasteiger partial charge in [-0.1, -0.05) is 12.1 Å². The molecule has 2 aromatic rings. The lowest BCUT2D eigenvalue weighted by Gasteiger charge is -2.23. The third kappa shape index (κ3) is 2.05. The lowest BCUT2D eigenvalue weighted by molar-refractivity contribution is 0.462. The number of aromatic nitrogens is 1. The van der Waals surface area contributed by atoms with Crippen molar-refractivity contribution in [2.75, 3.05) is 13.1 Å². The first kappa shape index (κ1) is 10.7. The van der Waals surface area contributed by atoms with Crippen LogP contribution in [0.4, 0.5) is 0 Å². The second-order valence-corrected chi connectivity index (χ2v) is 4.92. The van der Waals surface area contributed by atoms with Crippen LogP contribution in [0.3, 0.4) is 0 Å². The standard InChI is InChI=1S/C15H18N2/c1-11-15-9-13(14-3-2-7-16-10-14)5-4-12(15)6-8-17-11/h4-6,8-9,14,16H,2-3,7,10H2,1H3. The Morgan fingerprint density at radius 1 is 1.29 bits per heavy atom. The normalized spacial score (nSPS) is 20.6. The van der Waals surface area contributed by atoms with E-state index in [-0.39, 0.29) is 0 Å². The minimum absolute atomic E-state index is 0.674. The summed E-state index contributed by atoms with van der Waals surface area (Å²) in [5.41, 5.74) is 2.59. The van der Waals surface area contributed by atoms with Gasteiger partial charge in [-0.25, -0.2) is 0 Å².